The minimum atomic E-state index is -4.50. The van der Waals surface area contributed by atoms with Gasteiger partial charge >= 0.3 is 6.18 Å². The van der Waals surface area contributed by atoms with Gasteiger partial charge in [0.1, 0.15) is 11.7 Å². The average Bonchev–Trinajstić information content (AvgIpc) is 2.99. The number of aryl methyl sites for hydroxylation is 1. The van der Waals surface area contributed by atoms with Crippen molar-refractivity contribution in [1.29, 1.82) is 0 Å². The molecule has 0 bridgehead atoms. The number of anilines is 1. The highest BCUT2D eigenvalue weighted by atomic mass is 32.2. The second kappa shape index (κ2) is 7.84. The summed E-state index contributed by atoms with van der Waals surface area (Å²) in [7, 11) is -3.43. The molecule has 1 aliphatic heterocycles. The van der Waals surface area contributed by atoms with E-state index in [9.17, 15) is 30.4 Å². The fourth-order valence-corrected chi connectivity index (χ4v) is 5.85. The van der Waals surface area contributed by atoms with Crippen LogP contribution < -0.4 is 9.62 Å². The standard InChI is InChI=1S/C22H23F5N4O2S/c1-34(32,33)30-16-4-2-3-12-11-13(5-6-14(12)16)18-15-7-9-21(23,24)19(15)29-20(28-18)31-10-8-17(31)22(25,26)27/h5-6,11,16-17,30H,2-4,7-10H2,1H3/t16-,17+/m0/s1. The van der Waals surface area contributed by atoms with Gasteiger partial charge in [0.15, 0.2) is 0 Å². The first kappa shape index (κ1) is 23.4. The third-order valence-corrected chi connectivity index (χ3v) is 7.48. The molecule has 6 nitrogen and oxygen atoms in total. The molecule has 184 valence electrons. The lowest BCUT2D eigenvalue weighted by Gasteiger charge is -2.42. The number of rotatable bonds is 4. The number of sulfonamides is 1. The maximum atomic E-state index is 14.6. The summed E-state index contributed by atoms with van der Waals surface area (Å²) in [5.41, 5.74) is 2.14. The molecule has 2 heterocycles. The zero-order valence-corrected chi connectivity index (χ0v) is 19.1. The van der Waals surface area contributed by atoms with Crippen molar-refractivity contribution >= 4 is 16.0 Å². The summed E-state index contributed by atoms with van der Waals surface area (Å²) < 4.78 is 95.3. The molecule has 34 heavy (non-hydrogen) atoms. The fourth-order valence-electron chi connectivity index (χ4n) is 5.09. The van der Waals surface area contributed by atoms with Crippen LogP contribution in [-0.4, -0.2) is 43.4 Å². The molecule has 1 fully saturated rings. The summed E-state index contributed by atoms with van der Waals surface area (Å²) >= 11 is 0. The van der Waals surface area contributed by atoms with Crippen molar-refractivity contribution in [2.75, 3.05) is 17.7 Å². The summed E-state index contributed by atoms with van der Waals surface area (Å²) in [4.78, 5) is 9.20. The van der Waals surface area contributed by atoms with Crippen LogP contribution in [0.4, 0.5) is 27.9 Å². The molecule has 5 rings (SSSR count). The number of alkyl halides is 5. The van der Waals surface area contributed by atoms with Gasteiger partial charge < -0.3 is 4.90 Å². The molecule has 1 aromatic carbocycles. The van der Waals surface area contributed by atoms with Crippen molar-refractivity contribution in [3.8, 4) is 11.3 Å². The van der Waals surface area contributed by atoms with Crippen molar-refractivity contribution in [2.24, 2.45) is 0 Å². The third-order valence-electron chi connectivity index (χ3n) is 6.77. The predicted octanol–water partition coefficient (Wildman–Crippen LogP) is 4.25. The second-order valence-electron chi connectivity index (χ2n) is 9.19. The molecule has 0 unspecified atom stereocenters. The Balaban J connectivity index is 1.59. The van der Waals surface area contributed by atoms with Gasteiger partial charge in [-0.1, -0.05) is 12.1 Å². The fraction of sp³-hybridized carbons (Fsp3) is 0.545. The average molecular weight is 503 g/mol. The van der Waals surface area contributed by atoms with Crippen LogP contribution in [0.2, 0.25) is 0 Å². The largest absolute Gasteiger partial charge is 0.408 e. The number of aromatic nitrogens is 2. The number of benzene rings is 1. The molecule has 1 aromatic heterocycles. The third kappa shape index (κ3) is 4.15. The zero-order chi connectivity index (χ0) is 24.5. The van der Waals surface area contributed by atoms with E-state index in [0.29, 0.717) is 18.4 Å². The SMILES string of the molecule is CS(=O)(=O)N[C@H]1CCCc2cc(-c3nc(N4CC[C@@H]4C(F)(F)F)nc4c3CCC4(F)F)ccc21. The van der Waals surface area contributed by atoms with Crippen LogP contribution in [-0.2, 0) is 28.8 Å². The Morgan fingerprint density at radius 2 is 1.91 bits per heavy atom. The molecular weight excluding hydrogens is 479 g/mol. The van der Waals surface area contributed by atoms with Gasteiger partial charge in [-0.15, -0.1) is 0 Å². The number of halogens is 5. The van der Waals surface area contributed by atoms with Gasteiger partial charge in [-0.05, 0) is 49.3 Å². The normalized spacial score (nSPS) is 23.9. The Hall–Kier alpha value is -2.34. The molecule has 0 spiro atoms. The summed E-state index contributed by atoms with van der Waals surface area (Å²) in [6.07, 6.45) is -1.96. The summed E-state index contributed by atoms with van der Waals surface area (Å²) in [6, 6.07) is 3.01. The highest BCUT2D eigenvalue weighted by molar-refractivity contribution is 7.88. The number of nitrogens with one attached hydrogen (secondary N) is 1. The molecule has 2 aromatic rings. The van der Waals surface area contributed by atoms with E-state index in [4.69, 9.17) is 0 Å². The van der Waals surface area contributed by atoms with Crippen LogP contribution in [0.15, 0.2) is 18.2 Å². The minimum Gasteiger partial charge on any atom is -0.329 e. The summed E-state index contributed by atoms with van der Waals surface area (Å²) in [6.45, 7) is 0.0387. The highest BCUT2D eigenvalue weighted by Gasteiger charge is 2.51. The Labute approximate surface area is 193 Å². The Kier molecular flexibility index (Phi) is 5.40. The van der Waals surface area contributed by atoms with E-state index >= 15 is 0 Å². The van der Waals surface area contributed by atoms with E-state index in [1.807, 2.05) is 0 Å². The monoisotopic (exact) mass is 502 g/mol. The van der Waals surface area contributed by atoms with Crippen LogP contribution in [0.3, 0.4) is 0 Å². The molecule has 1 N–H and O–H groups in total. The molecule has 0 radical (unpaired) electrons. The molecule has 0 saturated carbocycles. The predicted molar refractivity (Wildman–Crippen MR) is 115 cm³/mol. The first-order chi connectivity index (χ1) is 15.8. The van der Waals surface area contributed by atoms with Crippen LogP contribution in [0.1, 0.15) is 54.1 Å². The molecule has 2 aliphatic carbocycles. The topological polar surface area (TPSA) is 75.2 Å². The lowest BCUT2D eigenvalue weighted by Crippen LogP contribution is -2.56. The van der Waals surface area contributed by atoms with Crippen molar-refractivity contribution in [3.63, 3.8) is 0 Å². The van der Waals surface area contributed by atoms with Crippen LogP contribution in [0.5, 0.6) is 0 Å². The zero-order valence-electron chi connectivity index (χ0n) is 18.3. The number of hydrogen-bond acceptors (Lipinski definition) is 5. The molecule has 2 atom stereocenters. The number of hydrogen-bond donors (Lipinski definition) is 1. The maximum Gasteiger partial charge on any atom is 0.408 e. The van der Waals surface area contributed by atoms with Crippen molar-refractivity contribution < 1.29 is 30.4 Å². The number of nitrogens with zero attached hydrogens (tertiary/aromatic N) is 3. The molecule has 12 heteroatoms. The molecule has 3 aliphatic rings. The summed E-state index contributed by atoms with van der Waals surface area (Å²) in [5, 5.41) is 0. The Morgan fingerprint density at radius 1 is 1.15 bits per heavy atom. The van der Waals surface area contributed by atoms with E-state index in [2.05, 4.69) is 14.7 Å². The quantitative estimate of drug-likeness (QED) is 0.633. The highest BCUT2D eigenvalue weighted by Crippen LogP contribution is 2.46. The lowest BCUT2D eigenvalue weighted by molar-refractivity contribution is -0.160. The second-order valence-corrected chi connectivity index (χ2v) is 11.0. The van der Waals surface area contributed by atoms with Gasteiger partial charge in [0.25, 0.3) is 5.92 Å². The van der Waals surface area contributed by atoms with E-state index in [-0.39, 0.29) is 36.6 Å². The molecule has 0 amide bonds. The molecular formula is C22H23F5N4O2S. The Morgan fingerprint density at radius 3 is 2.56 bits per heavy atom. The minimum absolute atomic E-state index is 0.0238. The van der Waals surface area contributed by atoms with E-state index in [0.717, 1.165) is 28.7 Å². The van der Waals surface area contributed by atoms with Gasteiger partial charge in [0, 0.05) is 30.1 Å². The lowest BCUT2D eigenvalue weighted by atomic mass is 9.86. The smallest absolute Gasteiger partial charge is 0.329 e. The first-order valence-electron chi connectivity index (χ1n) is 11.1. The van der Waals surface area contributed by atoms with Crippen molar-refractivity contribution in [1.82, 2.24) is 14.7 Å². The van der Waals surface area contributed by atoms with Crippen LogP contribution in [0.25, 0.3) is 11.3 Å². The van der Waals surface area contributed by atoms with Gasteiger partial charge in [-0.3, -0.25) is 0 Å². The summed E-state index contributed by atoms with van der Waals surface area (Å²) in [5.74, 6) is -3.57. The Bertz CT molecular complexity index is 1250. The van der Waals surface area contributed by atoms with E-state index < -0.39 is 46.3 Å². The van der Waals surface area contributed by atoms with Crippen molar-refractivity contribution in [2.45, 2.75) is 62.7 Å². The number of fused-ring (bicyclic) bond motifs is 2. The van der Waals surface area contributed by atoms with E-state index in [1.165, 1.54) is 0 Å². The first-order valence-corrected chi connectivity index (χ1v) is 13.0. The van der Waals surface area contributed by atoms with Gasteiger partial charge in [0.05, 0.1) is 11.9 Å². The molecule has 1 saturated heterocycles. The van der Waals surface area contributed by atoms with Gasteiger partial charge in [-0.2, -0.15) is 22.0 Å². The van der Waals surface area contributed by atoms with Gasteiger partial charge in [-0.25, -0.2) is 23.1 Å². The van der Waals surface area contributed by atoms with Crippen LogP contribution >= 0.6 is 0 Å². The van der Waals surface area contributed by atoms with Crippen molar-refractivity contribution in [3.05, 3.63) is 40.6 Å². The van der Waals surface area contributed by atoms with Gasteiger partial charge in [0.2, 0.25) is 16.0 Å². The van der Waals surface area contributed by atoms with Crippen LogP contribution in [0, 0.1) is 0 Å². The van der Waals surface area contributed by atoms with E-state index in [1.54, 1.807) is 18.2 Å². The maximum absolute atomic E-state index is 14.6.